The number of hydrogen-bond acceptors (Lipinski definition) is 9. The van der Waals surface area contributed by atoms with E-state index in [1.165, 1.54) is 6.92 Å². The second-order valence-electron chi connectivity index (χ2n) is 6.23. The monoisotopic (exact) mass is 401 g/mol. The van der Waals surface area contributed by atoms with Gasteiger partial charge in [-0.05, 0) is 13.3 Å². The normalized spacial score (nSPS) is 20.0. The topological polar surface area (TPSA) is 196 Å². The lowest BCUT2D eigenvalue weighted by Gasteiger charge is -2.21. The zero-order valence-electron chi connectivity index (χ0n) is 15.1. The SMILES string of the molecule is CC(O)[C@H](NC(=O)N[C@@H](CCC(=O)O)c1nc([C@@H]2COCCN2)no1)C(=O)O. The van der Waals surface area contributed by atoms with E-state index >= 15 is 0 Å². The Hall–Kier alpha value is -2.77. The van der Waals surface area contributed by atoms with E-state index in [1.54, 1.807) is 0 Å². The Kier molecular flexibility index (Phi) is 7.66. The van der Waals surface area contributed by atoms with E-state index in [0.29, 0.717) is 25.6 Å². The molecule has 0 aromatic carbocycles. The van der Waals surface area contributed by atoms with Crippen molar-refractivity contribution in [3.8, 4) is 0 Å². The Balaban J connectivity index is 2.08. The molecule has 2 heterocycles. The first-order valence-electron chi connectivity index (χ1n) is 8.62. The molecule has 1 aliphatic rings. The van der Waals surface area contributed by atoms with Crippen molar-refractivity contribution in [3.63, 3.8) is 0 Å². The fourth-order valence-corrected chi connectivity index (χ4v) is 2.52. The van der Waals surface area contributed by atoms with Crippen LogP contribution in [0.4, 0.5) is 4.79 Å². The van der Waals surface area contributed by atoms with Gasteiger partial charge >= 0.3 is 18.0 Å². The maximum Gasteiger partial charge on any atom is 0.328 e. The molecule has 28 heavy (non-hydrogen) atoms. The standard InChI is InChI=1S/C15H23N5O8/c1-7(21)11(14(24)25)18-15(26)17-8(2-3-10(22)23)13-19-12(20-28-13)9-6-27-5-4-16-9/h7-9,11,16,21H,2-6H2,1H3,(H,22,23)(H,24,25)(H2,17,18,26)/t7?,8-,9-,11-/m0/s1. The van der Waals surface area contributed by atoms with Crippen LogP contribution in [-0.2, 0) is 14.3 Å². The summed E-state index contributed by atoms with van der Waals surface area (Å²) in [6.07, 6.45) is -1.70. The van der Waals surface area contributed by atoms with Crippen LogP contribution >= 0.6 is 0 Å². The molecule has 0 radical (unpaired) electrons. The first-order chi connectivity index (χ1) is 13.3. The van der Waals surface area contributed by atoms with Crippen molar-refractivity contribution in [2.75, 3.05) is 19.8 Å². The Bertz CT molecular complexity index is 688. The molecular weight excluding hydrogens is 378 g/mol. The summed E-state index contributed by atoms with van der Waals surface area (Å²) in [5, 5.41) is 38.9. The number of carboxylic acid groups (broad SMARTS) is 2. The Labute approximate surface area is 159 Å². The molecule has 4 atom stereocenters. The Morgan fingerprint density at radius 1 is 1.32 bits per heavy atom. The third-order valence-corrected chi connectivity index (χ3v) is 3.98. The molecule has 156 valence electrons. The van der Waals surface area contributed by atoms with Gasteiger partial charge in [0, 0.05) is 13.0 Å². The van der Waals surface area contributed by atoms with Crippen molar-refractivity contribution >= 4 is 18.0 Å². The predicted molar refractivity (Wildman–Crippen MR) is 90.2 cm³/mol. The number of nitrogens with zero attached hydrogens (tertiary/aromatic N) is 2. The van der Waals surface area contributed by atoms with Gasteiger partial charge in [0.1, 0.15) is 6.04 Å². The Morgan fingerprint density at radius 3 is 2.64 bits per heavy atom. The van der Waals surface area contributed by atoms with E-state index in [2.05, 4.69) is 26.1 Å². The molecule has 1 aromatic rings. The molecule has 6 N–H and O–H groups in total. The first kappa shape index (κ1) is 21.5. The molecule has 2 amide bonds. The lowest BCUT2D eigenvalue weighted by atomic mass is 10.1. The van der Waals surface area contributed by atoms with E-state index in [9.17, 15) is 19.5 Å². The lowest BCUT2D eigenvalue weighted by molar-refractivity contribution is -0.141. The molecule has 0 spiro atoms. The molecule has 1 aliphatic heterocycles. The number of rotatable bonds is 9. The number of ether oxygens (including phenoxy) is 1. The van der Waals surface area contributed by atoms with Crippen LogP contribution in [0.1, 0.15) is 43.6 Å². The van der Waals surface area contributed by atoms with Gasteiger partial charge in [-0.25, -0.2) is 9.59 Å². The summed E-state index contributed by atoms with van der Waals surface area (Å²) in [7, 11) is 0. The van der Waals surface area contributed by atoms with E-state index < -0.39 is 36.2 Å². The molecule has 0 saturated carbocycles. The highest BCUT2D eigenvalue weighted by molar-refractivity contribution is 5.83. The van der Waals surface area contributed by atoms with Gasteiger partial charge in [0.2, 0.25) is 5.89 Å². The molecule has 1 fully saturated rings. The largest absolute Gasteiger partial charge is 0.481 e. The van der Waals surface area contributed by atoms with E-state index in [-0.39, 0.29) is 24.8 Å². The number of aliphatic hydroxyl groups is 1. The van der Waals surface area contributed by atoms with Crippen LogP contribution in [-0.4, -0.2) is 75.3 Å². The van der Waals surface area contributed by atoms with Gasteiger partial charge in [-0.15, -0.1) is 0 Å². The number of aliphatic hydroxyl groups excluding tert-OH is 1. The molecule has 13 nitrogen and oxygen atoms in total. The van der Waals surface area contributed by atoms with Crippen LogP contribution in [0, 0.1) is 0 Å². The maximum absolute atomic E-state index is 12.1. The number of morpholine rings is 1. The van der Waals surface area contributed by atoms with Crippen LogP contribution in [0.15, 0.2) is 4.52 Å². The van der Waals surface area contributed by atoms with Crippen molar-refractivity contribution in [1.82, 2.24) is 26.1 Å². The van der Waals surface area contributed by atoms with Crippen molar-refractivity contribution in [2.24, 2.45) is 0 Å². The minimum atomic E-state index is -1.54. The van der Waals surface area contributed by atoms with Crippen LogP contribution in [0.2, 0.25) is 0 Å². The van der Waals surface area contributed by atoms with E-state index in [1.807, 2.05) is 0 Å². The second-order valence-corrected chi connectivity index (χ2v) is 6.23. The zero-order chi connectivity index (χ0) is 20.7. The van der Waals surface area contributed by atoms with Gasteiger partial charge in [-0.2, -0.15) is 4.98 Å². The Morgan fingerprint density at radius 2 is 2.07 bits per heavy atom. The number of carbonyl (C=O) groups is 3. The fraction of sp³-hybridized carbons (Fsp3) is 0.667. The van der Waals surface area contributed by atoms with Crippen molar-refractivity contribution < 1.29 is 39.0 Å². The molecule has 13 heteroatoms. The van der Waals surface area contributed by atoms with Crippen molar-refractivity contribution in [1.29, 1.82) is 0 Å². The third-order valence-electron chi connectivity index (χ3n) is 3.98. The molecule has 1 unspecified atom stereocenters. The summed E-state index contributed by atoms with van der Waals surface area (Å²) >= 11 is 0. The second kappa shape index (κ2) is 9.96. The number of carbonyl (C=O) groups excluding carboxylic acids is 1. The third kappa shape index (κ3) is 6.14. The van der Waals surface area contributed by atoms with Crippen LogP contribution in [0.5, 0.6) is 0 Å². The minimum Gasteiger partial charge on any atom is -0.481 e. The summed E-state index contributed by atoms with van der Waals surface area (Å²) in [4.78, 5) is 38.3. The summed E-state index contributed by atoms with van der Waals surface area (Å²) in [6.45, 7) is 2.71. The smallest absolute Gasteiger partial charge is 0.328 e. The number of hydrogen-bond donors (Lipinski definition) is 6. The minimum absolute atomic E-state index is 0.0253. The highest BCUT2D eigenvalue weighted by Gasteiger charge is 2.29. The van der Waals surface area contributed by atoms with Gasteiger partial charge in [-0.1, -0.05) is 5.16 Å². The summed E-state index contributed by atoms with van der Waals surface area (Å²) in [5.41, 5.74) is 0. The number of aromatic nitrogens is 2. The molecule has 2 rings (SSSR count). The van der Waals surface area contributed by atoms with Gasteiger partial charge in [0.05, 0.1) is 25.4 Å². The quantitative estimate of drug-likeness (QED) is 0.290. The molecule has 0 bridgehead atoms. The van der Waals surface area contributed by atoms with Gasteiger partial charge in [0.25, 0.3) is 0 Å². The number of urea groups is 1. The van der Waals surface area contributed by atoms with E-state index in [4.69, 9.17) is 19.5 Å². The number of nitrogens with one attached hydrogen (secondary N) is 3. The summed E-state index contributed by atoms with van der Waals surface area (Å²) in [5.74, 6) is -2.25. The zero-order valence-corrected chi connectivity index (χ0v) is 15.1. The number of carboxylic acids is 2. The molecule has 1 saturated heterocycles. The van der Waals surface area contributed by atoms with Crippen LogP contribution in [0.25, 0.3) is 0 Å². The number of aliphatic carboxylic acids is 2. The fourth-order valence-electron chi connectivity index (χ4n) is 2.52. The van der Waals surface area contributed by atoms with E-state index in [0.717, 1.165) is 0 Å². The highest BCUT2D eigenvalue weighted by Crippen LogP contribution is 2.20. The first-order valence-corrected chi connectivity index (χ1v) is 8.62. The lowest BCUT2D eigenvalue weighted by Crippen LogP contribution is -2.51. The van der Waals surface area contributed by atoms with Gasteiger partial charge in [0.15, 0.2) is 11.9 Å². The van der Waals surface area contributed by atoms with Crippen molar-refractivity contribution in [3.05, 3.63) is 11.7 Å². The average Bonchev–Trinajstić information content (AvgIpc) is 3.13. The van der Waals surface area contributed by atoms with Crippen LogP contribution < -0.4 is 16.0 Å². The van der Waals surface area contributed by atoms with Gasteiger partial charge < -0.3 is 40.5 Å². The number of amides is 2. The highest BCUT2D eigenvalue weighted by atomic mass is 16.5. The maximum atomic E-state index is 12.1. The van der Waals surface area contributed by atoms with Gasteiger partial charge in [-0.3, -0.25) is 4.79 Å². The summed E-state index contributed by atoms with van der Waals surface area (Å²) < 4.78 is 10.5. The summed E-state index contributed by atoms with van der Waals surface area (Å²) in [6, 6.07) is -3.73. The average molecular weight is 401 g/mol. The van der Waals surface area contributed by atoms with Crippen molar-refractivity contribution in [2.45, 2.75) is 44.0 Å². The van der Waals surface area contributed by atoms with Crippen LogP contribution in [0.3, 0.4) is 0 Å². The predicted octanol–water partition coefficient (Wildman–Crippen LogP) is -1.23. The molecular formula is C15H23N5O8. The molecule has 0 aliphatic carbocycles. The molecule has 1 aromatic heterocycles.